The molecule has 0 spiro atoms. The predicted octanol–water partition coefficient (Wildman–Crippen LogP) is 0.558. The highest BCUT2D eigenvalue weighted by molar-refractivity contribution is 6.04. The fourth-order valence-corrected chi connectivity index (χ4v) is 3.33. The molecule has 0 fully saturated rings. The van der Waals surface area contributed by atoms with Crippen LogP contribution in [0.25, 0.3) is 10.8 Å². The van der Waals surface area contributed by atoms with E-state index in [0.717, 1.165) is 16.2 Å². The van der Waals surface area contributed by atoms with Gasteiger partial charge < -0.3 is 15.0 Å². The van der Waals surface area contributed by atoms with Gasteiger partial charge in [0.25, 0.3) is 11.5 Å². The van der Waals surface area contributed by atoms with Crippen LogP contribution in [0.15, 0.2) is 53.3 Å². The van der Waals surface area contributed by atoms with Gasteiger partial charge in [0.15, 0.2) is 5.69 Å². The number of fused-ring (bicyclic) bond motifs is 1. The summed E-state index contributed by atoms with van der Waals surface area (Å²) in [6, 6.07) is 14.8. The summed E-state index contributed by atoms with van der Waals surface area (Å²) in [6.07, 6.45) is 0. The molecule has 7 heteroatoms. The van der Waals surface area contributed by atoms with Crippen LogP contribution < -0.4 is 20.5 Å². The largest absolute Gasteiger partial charge is 0.496 e. The molecule has 0 radical (unpaired) electrons. The fourth-order valence-electron chi connectivity index (χ4n) is 3.33. The van der Waals surface area contributed by atoms with Crippen molar-refractivity contribution < 1.29 is 14.4 Å². The summed E-state index contributed by atoms with van der Waals surface area (Å²) < 4.78 is 6.68. The van der Waals surface area contributed by atoms with Gasteiger partial charge in [0.05, 0.1) is 38.7 Å². The minimum Gasteiger partial charge on any atom is -0.496 e. The lowest BCUT2D eigenvalue weighted by molar-refractivity contribution is -0.890. The van der Waals surface area contributed by atoms with E-state index < -0.39 is 0 Å². The first-order valence-electron chi connectivity index (χ1n) is 9.11. The van der Waals surface area contributed by atoms with E-state index in [9.17, 15) is 9.59 Å². The number of methoxy groups -OCH3 is 1. The number of hydrogen-bond donors (Lipinski definition) is 2. The highest BCUT2D eigenvalue weighted by atomic mass is 16.5. The smallest absolute Gasteiger partial charge is 0.274 e. The molecule has 7 nitrogen and oxygen atoms in total. The molecule has 2 aromatic carbocycles. The summed E-state index contributed by atoms with van der Waals surface area (Å²) >= 11 is 0. The van der Waals surface area contributed by atoms with Crippen LogP contribution in [0.5, 0.6) is 5.75 Å². The van der Waals surface area contributed by atoms with Gasteiger partial charge in [-0.05, 0) is 18.2 Å². The highest BCUT2D eigenvalue weighted by Gasteiger charge is 2.24. The van der Waals surface area contributed by atoms with Crippen molar-refractivity contribution >= 4 is 16.7 Å². The van der Waals surface area contributed by atoms with E-state index >= 15 is 0 Å². The first-order valence-corrected chi connectivity index (χ1v) is 9.11. The second-order valence-electron chi connectivity index (χ2n) is 6.90. The number of likely N-dealkylation sites (N-methyl/N-ethyl adjacent to an activating group) is 1. The number of rotatable bonds is 6. The maximum absolute atomic E-state index is 12.9. The maximum Gasteiger partial charge on any atom is 0.274 e. The number of carbonyl (C=O) groups is 1. The SMILES string of the molecule is COc1ccccc1[C@H](CNC(=O)c1nn(C)c(=O)c2ccccc12)[NH+](C)C. The van der Waals surface area contributed by atoms with Crippen LogP contribution in [0.2, 0.25) is 0 Å². The maximum atomic E-state index is 12.9. The van der Waals surface area contributed by atoms with Crippen molar-refractivity contribution in [2.75, 3.05) is 27.7 Å². The Morgan fingerprint density at radius 1 is 1.14 bits per heavy atom. The number of hydrogen-bond acceptors (Lipinski definition) is 4. The van der Waals surface area contributed by atoms with Crippen LogP contribution in [0.1, 0.15) is 22.1 Å². The number of carbonyl (C=O) groups excluding carboxylic acids is 1. The molecule has 0 aliphatic heterocycles. The minimum absolute atomic E-state index is 0.00102. The van der Waals surface area contributed by atoms with Crippen molar-refractivity contribution in [1.29, 1.82) is 0 Å². The Bertz CT molecular complexity index is 1060. The molecule has 28 heavy (non-hydrogen) atoms. The van der Waals surface area contributed by atoms with Crippen LogP contribution >= 0.6 is 0 Å². The molecular weight excluding hydrogens is 356 g/mol. The normalized spacial score (nSPS) is 12.2. The van der Waals surface area contributed by atoms with Gasteiger partial charge >= 0.3 is 0 Å². The van der Waals surface area contributed by atoms with Gasteiger partial charge in [-0.2, -0.15) is 5.10 Å². The second kappa shape index (κ2) is 8.22. The summed E-state index contributed by atoms with van der Waals surface area (Å²) in [4.78, 5) is 26.3. The number of benzene rings is 2. The number of nitrogens with one attached hydrogen (secondary N) is 2. The van der Waals surface area contributed by atoms with E-state index in [1.807, 2.05) is 38.4 Å². The molecule has 0 aliphatic carbocycles. The van der Waals surface area contributed by atoms with Crippen molar-refractivity contribution in [2.24, 2.45) is 7.05 Å². The topological polar surface area (TPSA) is 77.7 Å². The first kappa shape index (κ1) is 19.6. The average molecular weight is 381 g/mol. The van der Waals surface area contributed by atoms with Crippen molar-refractivity contribution in [3.05, 3.63) is 70.1 Å². The first-order chi connectivity index (χ1) is 13.4. The minimum atomic E-state index is -0.312. The average Bonchev–Trinajstić information content (AvgIpc) is 2.70. The number of amides is 1. The fraction of sp³-hybridized carbons (Fsp3) is 0.286. The van der Waals surface area contributed by atoms with E-state index in [4.69, 9.17) is 4.74 Å². The van der Waals surface area contributed by atoms with Gasteiger partial charge in [0.1, 0.15) is 11.8 Å². The van der Waals surface area contributed by atoms with Gasteiger partial charge in [0.2, 0.25) is 0 Å². The molecule has 1 amide bonds. The number of ether oxygens (including phenoxy) is 1. The standard InChI is InChI=1S/C21H24N4O3/c1-24(2)17(16-11-7-8-12-18(16)28-4)13-22-20(26)19-14-9-5-6-10-15(14)21(27)25(3)23-19/h5-12,17H,13H2,1-4H3,(H,22,26)/p+1/t17-/m0/s1. The Hall–Kier alpha value is -3.19. The Morgan fingerprint density at radius 3 is 2.46 bits per heavy atom. The monoisotopic (exact) mass is 381 g/mol. The molecule has 3 rings (SSSR count). The third kappa shape index (κ3) is 3.75. The van der Waals surface area contributed by atoms with Crippen LogP contribution in [0, 0.1) is 0 Å². The number of nitrogens with zero attached hydrogens (tertiary/aromatic N) is 2. The Balaban J connectivity index is 1.90. The zero-order valence-electron chi connectivity index (χ0n) is 16.5. The van der Waals surface area contributed by atoms with Crippen LogP contribution in [0.4, 0.5) is 0 Å². The number of aromatic nitrogens is 2. The molecule has 3 aromatic rings. The van der Waals surface area contributed by atoms with E-state index in [2.05, 4.69) is 10.4 Å². The lowest BCUT2D eigenvalue weighted by atomic mass is 10.0. The Kier molecular flexibility index (Phi) is 5.75. The van der Waals surface area contributed by atoms with Gasteiger partial charge in [0, 0.05) is 12.4 Å². The number of quaternary nitrogens is 1. The zero-order valence-corrected chi connectivity index (χ0v) is 16.5. The third-order valence-corrected chi connectivity index (χ3v) is 4.85. The van der Waals surface area contributed by atoms with Gasteiger partial charge in [-0.1, -0.05) is 30.3 Å². The van der Waals surface area contributed by atoms with Crippen molar-refractivity contribution in [3.63, 3.8) is 0 Å². The molecule has 2 N–H and O–H groups in total. The molecule has 0 unspecified atom stereocenters. The summed E-state index contributed by atoms with van der Waals surface area (Å²) in [5.74, 6) is 0.474. The van der Waals surface area contributed by atoms with Gasteiger partial charge in [-0.15, -0.1) is 0 Å². The van der Waals surface area contributed by atoms with Crippen molar-refractivity contribution in [2.45, 2.75) is 6.04 Å². The molecule has 1 heterocycles. The van der Waals surface area contributed by atoms with Crippen molar-refractivity contribution in [1.82, 2.24) is 15.1 Å². The predicted molar refractivity (Wildman–Crippen MR) is 108 cm³/mol. The molecule has 1 atom stereocenters. The number of para-hydroxylation sites is 1. The molecule has 0 bridgehead atoms. The Morgan fingerprint density at radius 2 is 1.79 bits per heavy atom. The summed E-state index contributed by atoms with van der Waals surface area (Å²) in [6.45, 7) is 0.403. The molecule has 0 aliphatic rings. The van der Waals surface area contributed by atoms with Crippen LogP contribution in [0.3, 0.4) is 0 Å². The van der Waals surface area contributed by atoms with E-state index in [0.29, 0.717) is 17.3 Å². The van der Waals surface area contributed by atoms with E-state index in [1.54, 1.807) is 38.4 Å². The second-order valence-corrected chi connectivity index (χ2v) is 6.90. The third-order valence-electron chi connectivity index (χ3n) is 4.85. The molecule has 1 aromatic heterocycles. The van der Waals surface area contributed by atoms with E-state index in [-0.39, 0.29) is 23.2 Å². The highest BCUT2D eigenvalue weighted by Crippen LogP contribution is 2.22. The lowest BCUT2D eigenvalue weighted by Crippen LogP contribution is -3.07. The zero-order chi connectivity index (χ0) is 20.3. The number of aryl methyl sites for hydroxylation is 1. The Labute approximate surface area is 163 Å². The van der Waals surface area contributed by atoms with Gasteiger partial charge in [-0.3, -0.25) is 9.59 Å². The molecule has 0 saturated carbocycles. The summed E-state index contributed by atoms with van der Waals surface area (Å²) in [5.41, 5.74) is 1.03. The lowest BCUT2D eigenvalue weighted by Gasteiger charge is -2.23. The summed E-state index contributed by atoms with van der Waals surface area (Å²) in [7, 11) is 7.25. The van der Waals surface area contributed by atoms with Crippen LogP contribution in [-0.4, -0.2) is 43.4 Å². The van der Waals surface area contributed by atoms with Gasteiger partial charge in [-0.25, -0.2) is 4.68 Å². The van der Waals surface area contributed by atoms with Crippen molar-refractivity contribution in [3.8, 4) is 5.75 Å². The van der Waals surface area contributed by atoms with Crippen LogP contribution in [-0.2, 0) is 7.05 Å². The van der Waals surface area contributed by atoms with E-state index in [1.165, 1.54) is 4.68 Å². The summed E-state index contributed by atoms with van der Waals surface area (Å²) in [5, 5.41) is 8.19. The molecule has 0 saturated heterocycles. The quantitative estimate of drug-likeness (QED) is 0.654. The molecule has 146 valence electrons. The molecular formula is C21H25N4O3+.